The number of nitrogens with zero attached hydrogens (tertiary/aromatic N) is 3. The molecule has 4 N–H and O–H groups in total. The summed E-state index contributed by atoms with van der Waals surface area (Å²) in [7, 11) is -0.307. The number of hydrogen-bond donors (Lipinski definition) is 4. The van der Waals surface area contributed by atoms with Gasteiger partial charge in [-0.1, -0.05) is 198 Å². The number of aldehydes is 1. The van der Waals surface area contributed by atoms with E-state index in [1.807, 2.05) is 54.6 Å². The summed E-state index contributed by atoms with van der Waals surface area (Å²) in [5, 5.41) is 42.3. The number of anilines is 3. The summed E-state index contributed by atoms with van der Waals surface area (Å²) in [5.74, 6) is 2.41. The van der Waals surface area contributed by atoms with E-state index in [2.05, 4.69) is 255 Å². The molecule has 0 saturated carbocycles. The van der Waals surface area contributed by atoms with Crippen molar-refractivity contribution in [3.05, 3.63) is 277 Å². The van der Waals surface area contributed by atoms with Gasteiger partial charge in [-0.25, -0.2) is 4.79 Å². The minimum Gasteiger partial charge on any atom is -1.00 e. The fraction of sp³-hybridized carbons (Fsp3) is 0.429. The van der Waals surface area contributed by atoms with E-state index in [0.717, 1.165) is 119 Å². The monoisotopic (exact) mass is 2130 g/mol. The molecule has 0 amide bonds. The molecular formula is C98H125Br3Cl3ILiN3O14Si3. The van der Waals surface area contributed by atoms with Crippen LogP contribution in [0.2, 0.25) is 74.0 Å². The summed E-state index contributed by atoms with van der Waals surface area (Å²) in [4.78, 5) is 30.3. The normalized spacial score (nSPS) is 19.5. The topological polar surface area (TPSA) is 199 Å². The van der Waals surface area contributed by atoms with Crippen LogP contribution in [0.25, 0.3) is 0 Å². The quantitative estimate of drug-likeness (QED) is 0.0138. The van der Waals surface area contributed by atoms with Crippen molar-refractivity contribution in [1.82, 2.24) is 0 Å². The van der Waals surface area contributed by atoms with Crippen LogP contribution >= 0.6 is 105 Å². The van der Waals surface area contributed by atoms with Crippen molar-refractivity contribution in [1.29, 1.82) is 0 Å². The van der Waals surface area contributed by atoms with Crippen molar-refractivity contribution < 1.29 is 87.3 Å². The number of aliphatic hydroxyl groups is 4. The SMILES string of the molecule is CCCCI.COc1ccc(CN2CCCc3cc(Br)ccc32)cc1.COc1ccc(CN2CCCc3cc(Cc4cc(Br)ccc4Cl)ccc32)cc1.COc1ccc(CN2CCCc3cc(Cc4cc([C@@H]5O[C@H](CO)[C@@H](O)[C@H](O)[C@H]5O)ccc4Cl)ccc32)cc1.C[C@H]1[C@H](O[Si](C)(C)C)[C@@H](O[Si](C)(C)C)C(=O)O[C@@H]1CO[Si](C)(C)C.O=Cc1cc(Br)ccc1Cl.[H-].[Li+]. The zero-order valence-electron chi connectivity index (χ0n) is 76.4. The maximum Gasteiger partial charge on any atom is 1.00 e. The number of rotatable bonds is 25. The van der Waals surface area contributed by atoms with Gasteiger partial charge >= 0.3 is 24.8 Å². The Kier molecular flexibility index (Phi) is 43.2. The Hall–Kier alpha value is -5.11. The smallest absolute Gasteiger partial charge is 1.00 e. The third-order valence-corrected chi connectivity index (χ3v) is 28.1. The summed E-state index contributed by atoms with van der Waals surface area (Å²) in [6, 6.07) is 61.5. The Balaban J connectivity index is 0.000000223. The molecule has 678 valence electrons. The number of esters is 1. The molecule has 0 unspecified atom stereocenters. The first kappa shape index (κ1) is 106. The molecule has 0 spiro atoms. The summed E-state index contributed by atoms with van der Waals surface area (Å²) >= 11 is 31.3. The number of fused-ring (bicyclic) bond motifs is 3. The van der Waals surface area contributed by atoms with E-state index in [4.69, 9.17) is 71.8 Å². The number of aryl methyl sites for hydroxylation is 3. The van der Waals surface area contributed by atoms with E-state index in [1.165, 1.54) is 97.0 Å². The number of benzene rings is 9. The van der Waals surface area contributed by atoms with Gasteiger partial charge in [0.25, 0.3) is 0 Å². The standard InChI is InChI=1S/C30H34ClNO6.C24H23BrClNO.C17H18BrNO.C16H36O5Si3.C7H4BrClO.C4H9I.Li.H/c1-37-23-8-4-18(5-9-23)16-32-12-2-3-20-13-19(6-11-25(20)32)14-22-15-21(7-10-24(22)31)30-29(36)28(35)27(34)26(17-33)38-30;1-28-22-8-4-17(5-9-22)16-27-12-2-3-19-13-18(6-11-24(19)27)14-20-15-21(25)7-10-23(20)26;1-20-16-7-4-13(5-8-16)12-19-10-2-3-14-11-15(18)6-9-17(14)19;1-12-13(11-18-22(2,3)4)19-16(17)15(21-24(8,9)10)14(12)20-23(5,6)7;8-6-1-2-7(9)5(3-6)4-10;1-2-3-4-5;;/h4-11,13,15,26-30,33-36H,2-3,12,14,16-17H2,1H3;4-11,13,15H,2-3,12,14,16H2,1H3;4-9,11H,2-3,10,12H2,1H3;12-15H,11H2,1-10H3;1-4H;2-4H2,1H3;;/q;;;;;;+1;-1/t26-,27-,28+,29-,30+;;;12-,13-,14+,15-;;;;/m1..1..../s1. The summed E-state index contributed by atoms with van der Waals surface area (Å²) in [5.41, 5.74) is 17.6. The Labute approximate surface area is 818 Å². The molecule has 2 saturated heterocycles. The van der Waals surface area contributed by atoms with Gasteiger partial charge in [0.1, 0.15) is 53.9 Å². The van der Waals surface area contributed by atoms with E-state index in [9.17, 15) is 30.0 Å². The number of carbonyl (C=O) groups excluding carboxylic acids is 2. The Bertz CT molecular complexity index is 4930. The number of cyclic esters (lactones) is 1. The Morgan fingerprint density at radius 3 is 1.34 bits per heavy atom. The van der Waals surface area contributed by atoms with E-state index in [1.54, 1.807) is 51.7 Å². The molecule has 0 radical (unpaired) electrons. The number of alkyl halides is 1. The average molecular weight is 2130 g/mol. The van der Waals surface area contributed by atoms with Gasteiger partial charge in [-0.15, -0.1) is 0 Å². The molecule has 0 bridgehead atoms. The number of methoxy groups -OCH3 is 3. The van der Waals surface area contributed by atoms with Crippen molar-refractivity contribution in [3.8, 4) is 17.2 Å². The number of ether oxygens (including phenoxy) is 5. The molecule has 0 aromatic heterocycles. The predicted molar refractivity (Wildman–Crippen MR) is 537 cm³/mol. The molecule has 9 aromatic carbocycles. The van der Waals surface area contributed by atoms with Crippen LogP contribution in [0.3, 0.4) is 0 Å². The molecule has 5 aliphatic rings. The van der Waals surface area contributed by atoms with E-state index < -0.39 is 68.2 Å². The summed E-state index contributed by atoms with van der Waals surface area (Å²) in [6.45, 7) is 29.3. The second kappa shape index (κ2) is 51.2. The van der Waals surface area contributed by atoms with Crippen LogP contribution < -0.4 is 47.8 Å². The first-order chi connectivity index (χ1) is 59.5. The third kappa shape index (κ3) is 32.7. The van der Waals surface area contributed by atoms with Gasteiger partial charge < -0.3 is 73.5 Å². The Morgan fingerprint density at radius 2 is 0.929 bits per heavy atom. The fourth-order valence-corrected chi connectivity index (χ4v) is 20.6. The largest absolute Gasteiger partial charge is 1.00 e. The molecule has 5 aliphatic heterocycles. The van der Waals surface area contributed by atoms with Crippen LogP contribution in [-0.4, -0.2) is 159 Å². The average Bonchev–Trinajstić information content (AvgIpc) is 0.791. The summed E-state index contributed by atoms with van der Waals surface area (Å²) in [6.07, 6.45) is 4.54. The van der Waals surface area contributed by atoms with E-state index >= 15 is 0 Å². The molecule has 9 aromatic rings. The summed E-state index contributed by atoms with van der Waals surface area (Å²) < 4.78 is 50.1. The van der Waals surface area contributed by atoms with Gasteiger partial charge in [0.15, 0.2) is 37.3 Å². The van der Waals surface area contributed by atoms with Crippen LogP contribution in [0, 0.1) is 5.92 Å². The van der Waals surface area contributed by atoms with E-state index in [-0.39, 0.29) is 44.4 Å². The molecule has 17 nitrogen and oxygen atoms in total. The molecule has 2 fully saturated rings. The number of halogens is 7. The van der Waals surface area contributed by atoms with E-state index in [0.29, 0.717) is 34.2 Å². The van der Waals surface area contributed by atoms with Gasteiger partial charge in [-0.05, 0) is 292 Å². The maximum atomic E-state index is 12.6. The van der Waals surface area contributed by atoms with Crippen molar-refractivity contribution in [3.63, 3.8) is 0 Å². The molecular weight excluding hydrogens is 2010 g/mol. The molecule has 5 heterocycles. The third-order valence-electron chi connectivity index (χ3n) is 21.8. The van der Waals surface area contributed by atoms with Crippen LogP contribution in [0.5, 0.6) is 17.2 Å². The number of carbonyl (C=O) groups is 2. The van der Waals surface area contributed by atoms with Crippen molar-refractivity contribution in [2.75, 3.05) is 73.3 Å². The van der Waals surface area contributed by atoms with Gasteiger partial charge in [-0.2, -0.15) is 0 Å². The zero-order valence-corrected chi connectivity index (χ0v) is 87.6. The Morgan fingerprint density at radius 1 is 0.516 bits per heavy atom. The zero-order chi connectivity index (χ0) is 90.9. The van der Waals surface area contributed by atoms with Crippen molar-refractivity contribution >= 4 is 159 Å². The van der Waals surface area contributed by atoms with Crippen molar-refractivity contribution in [2.45, 2.75) is 205 Å². The molecule has 126 heavy (non-hydrogen) atoms. The van der Waals surface area contributed by atoms with Crippen LogP contribution in [0.1, 0.15) is 125 Å². The van der Waals surface area contributed by atoms with Gasteiger partial charge in [0.2, 0.25) is 0 Å². The maximum absolute atomic E-state index is 12.6. The van der Waals surface area contributed by atoms with Crippen molar-refractivity contribution in [2.24, 2.45) is 5.92 Å². The molecule has 9 atom stereocenters. The van der Waals surface area contributed by atoms with Gasteiger partial charge in [0, 0.05) is 91.3 Å². The molecule has 14 rings (SSSR count). The number of hydrogen-bond acceptors (Lipinski definition) is 17. The predicted octanol–water partition coefficient (Wildman–Crippen LogP) is 20.6. The van der Waals surface area contributed by atoms with Crippen LogP contribution in [-0.2, 0) is 79.3 Å². The minimum absolute atomic E-state index is 0. The van der Waals surface area contributed by atoms with Crippen LogP contribution in [0.15, 0.2) is 195 Å². The minimum atomic E-state index is -1.89. The van der Waals surface area contributed by atoms with Gasteiger partial charge in [-0.3, -0.25) is 4.79 Å². The van der Waals surface area contributed by atoms with Gasteiger partial charge in [0.05, 0.1) is 45.7 Å². The first-order valence-corrected chi connectivity index (χ1v) is 58.1. The molecule has 28 heteroatoms. The number of unbranched alkanes of at least 4 members (excludes halogenated alkanes) is 1. The number of aliphatic hydroxyl groups excluding tert-OH is 4. The van der Waals surface area contributed by atoms with Crippen LogP contribution in [0.4, 0.5) is 17.1 Å². The fourth-order valence-electron chi connectivity index (χ4n) is 15.3. The second-order valence-electron chi connectivity index (χ2n) is 34.9. The molecule has 0 aliphatic carbocycles. The second-order valence-corrected chi connectivity index (χ2v) is 53.4. The first-order valence-electron chi connectivity index (χ1n) is 42.8.